The van der Waals surface area contributed by atoms with Gasteiger partial charge in [0.1, 0.15) is 24.5 Å². The van der Waals surface area contributed by atoms with Gasteiger partial charge in [-0.25, -0.2) is 4.98 Å². The number of carbonyl (C=O) groups is 1. The molecule has 0 saturated heterocycles. The third kappa shape index (κ3) is 3.30. The van der Waals surface area contributed by atoms with E-state index in [9.17, 15) is 4.79 Å². The number of anilines is 1. The Morgan fingerprint density at radius 2 is 2.00 bits per heavy atom. The van der Waals surface area contributed by atoms with E-state index >= 15 is 0 Å². The van der Waals surface area contributed by atoms with Crippen molar-refractivity contribution in [1.82, 2.24) is 14.8 Å². The van der Waals surface area contributed by atoms with Crippen LogP contribution in [0.2, 0.25) is 5.02 Å². The SMILES string of the molecule is Cc1cc(NC(=O)c2ccc3c(c2)OCCO3)n(-c2nc3c(Cl)cccc3s2)n1. The van der Waals surface area contributed by atoms with Crippen LogP contribution in [0.15, 0.2) is 42.5 Å². The summed E-state index contributed by atoms with van der Waals surface area (Å²) in [5.41, 5.74) is 1.94. The summed E-state index contributed by atoms with van der Waals surface area (Å²) in [7, 11) is 0. The Bertz CT molecular complexity index is 1250. The first-order chi connectivity index (χ1) is 14.1. The highest BCUT2D eigenvalue weighted by atomic mass is 35.5. The number of benzene rings is 2. The molecular weight excluding hydrogens is 412 g/mol. The van der Waals surface area contributed by atoms with Crippen molar-refractivity contribution in [1.29, 1.82) is 0 Å². The van der Waals surface area contributed by atoms with Crippen LogP contribution in [0.3, 0.4) is 0 Å². The second-order valence-electron chi connectivity index (χ2n) is 6.48. The summed E-state index contributed by atoms with van der Waals surface area (Å²) in [6.07, 6.45) is 0. The fourth-order valence-corrected chi connectivity index (χ4v) is 4.33. The van der Waals surface area contributed by atoms with Crippen molar-refractivity contribution in [3.8, 4) is 16.6 Å². The molecule has 29 heavy (non-hydrogen) atoms. The number of fused-ring (bicyclic) bond motifs is 2. The maximum Gasteiger partial charge on any atom is 0.256 e. The van der Waals surface area contributed by atoms with E-state index in [2.05, 4.69) is 15.4 Å². The lowest BCUT2D eigenvalue weighted by Crippen LogP contribution is -2.18. The molecule has 2 aromatic carbocycles. The van der Waals surface area contributed by atoms with E-state index in [0.717, 1.165) is 10.4 Å². The van der Waals surface area contributed by atoms with Crippen LogP contribution in [0, 0.1) is 6.92 Å². The molecular formula is C20H15ClN4O3S. The number of rotatable bonds is 3. The number of nitrogens with zero attached hydrogens (tertiary/aromatic N) is 3. The number of ether oxygens (including phenoxy) is 2. The van der Waals surface area contributed by atoms with Crippen LogP contribution in [0.1, 0.15) is 16.1 Å². The zero-order valence-electron chi connectivity index (χ0n) is 15.3. The van der Waals surface area contributed by atoms with Crippen LogP contribution in [0.4, 0.5) is 5.82 Å². The Morgan fingerprint density at radius 3 is 2.83 bits per heavy atom. The first-order valence-electron chi connectivity index (χ1n) is 8.91. The van der Waals surface area contributed by atoms with Gasteiger partial charge in [-0.15, -0.1) is 0 Å². The average molecular weight is 427 g/mol. The molecule has 5 rings (SSSR count). The molecule has 0 unspecified atom stereocenters. The third-order valence-electron chi connectivity index (χ3n) is 4.42. The summed E-state index contributed by atoms with van der Waals surface area (Å²) in [6, 6.07) is 12.5. The van der Waals surface area contributed by atoms with E-state index < -0.39 is 0 Å². The van der Waals surface area contributed by atoms with Gasteiger partial charge in [-0.3, -0.25) is 4.79 Å². The number of halogens is 1. The van der Waals surface area contributed by atoms with Crippen molar-refractivity contribution in [2.45, 2.75) is 6.92 Å². The maximum absolute atomic E-state index is 12.8. The van der Waals surface area contributed by atoms with E-state index in [1.54, 1.807) is 35.0 Å². The standard InChI is InChI=1S/C20H15ClN4O3S/c1-11-9-17(22-19(26)12-5-6-14-15(10-12)28-8-7-27-14)25(24-11)20-23-18-13(21)3-2-4-16(18)29-20/h2-6,9-10H,7-8H2,1H3,(H,22,26). The molecule has 3 heterocycles. The minimum absolute atomic E-state index is 0.276. The van der Waals surface area contributed by atoms with Gasteiger partial charge in [-0.05, 0) is 37.3 Å². The molecule has 0 spiro atoms. The summed E-state index contributed by atoms with van der Waals surface area (Å²) < 4.78 is 13.6. The van der Waals surface area contributed by atoms with E-state index in [4.69, 9.17) is 21.1 Å². The maximum atomic E-state index is 12.8. The Labute approximate surface area is 174 Å². The lowest BCUT2D eigenvalue weighted by molar-refractivity contribution is 0.102. The number of aryl methyl sites for hydroxylation is 1. The number of amides is 1. The highest BCUT2D eigenvalue weighted by Gasteiger charge is 2.18. The third-order valence-corrected chi connectivity index (χ3v) is 5.72. The van der Waals surface area contributed by atoms with Gasteiger partial charge in [0, 0.05) is 11.6 Å². The molecule has 9 heteroatoms. The smallest absolute Gasteiger partial charge is 0.256 e. The van der Waals surface area contributed by atoms with Gasteiger partial charge in [0.25, 0.3) is 5.91 Å². The molecule has 0 aliphatic carbocycles. The lowest BCUT2D eigenvalue weighted by Gasteiger charge is -2.18. The van der Waals surface area contributed by atoms with E-state index in [-0.39, 0.29) is 5.91 Å². The monoisotopic (exact) mass is 426 g/mol. The molecule has 146 valence electrons. The van der Waals surface area contributed by atoms with Crippen LogP contribution in [-0.4, -0.2) is 33.9 Å². The zero-order chi connectivity index (χ0) is 20.0. The minimum Gasteiger partial charge on any atom is -0.486 e. The minimum atomic E-state index is -0.276. The molecule has 1 aliphatic rings. The van der Waals surface area contributed by atoms with Gasteiger partial charge in [0.2, 0.25) is 5.13 Å². The first-order valence-corrected chi connectivity index (χ1v) is 10.1. The summed E-state index contributed by atoms with van der Waals surface area (Å²) in [4.78, 5) is 17.4. The van der Waals surface area contributed by atoms with Crippen molar-refractivity contribution in [3.63, 3.8) is 0 Å². The fourth-order valence-electron chi connectivity index (χ4n) is 3.10. The summed E-state index contributed by atoms with van der Waals surface area (Å²) >= 11 is 7.70. The summed E-state index contributed by atoms with van der Waals surface area (Å²) in [5.74, 6) is 1.45. The van der Waals surface area contributed by atoms with Crippen LogP contribution in [-0.2, 0) is 0 Å². The number of aromatic nitrogens is 3. The highest BCUT2D eigenvalue weighted by Crippen LogP contribution is 2.33. The van der Waals surface area contributed by atoms with Gasteiger partial charge >= 0.3 is 0 Å². The van der Waals surface area contributed by atoms with Crippen molar-refractivity contribution >= 4 is 44.9 Å². The molecule has 1 N–H and O–H groups in total. The summed E-state index contributed by atoms with van der Waals surface area (Å²) in [5, 5.41) is 8.60. The van der Waals surface area contributed by atoms with E-state index in [1.807, 2.05) is 19.1 Å². The summed E-state index contributed by atoms with van der Waals surface area (Å²) in [6.45, 7) is 2.82. The van der Waals surface area contributed by atoms with Gasteiger partial charge in [0.15, 0.2) is 11.5 Å². The number of carbonyl (C=O) groups excluding carboxylic acids is 1. The van der Waals surface area contributed by atoms with Crippen LogP contribution in [0.5, 0.6) is 11.5 Å². The van der Waals surface area contributed by atoms with E-state index in [0.29, 0.717) is 51.8 Å². The van der Waals surface area contributed by atoms with Gasteiger partial charge in [-0.2, -0.15) is 9.78 Å². The molecule has 1 aliphatic heterocycles. The van der Waals surface area contributed by atoms with Gasteiger partial charge in [-0.1, -0.05) is 29.0 Å². The number of thiazole rings is 1. The van der Waals surface area contributed by atoms with Crippen molar-refractivity contribution in [3.05, 3.63) is 58.7 Å². The molecule has 0 bridgehead atoms. The lowest BCUT2D eigenvalue weighted by atomic mass is 10.2. The largest absolute Gasteiger partial charge is 0.486 e. The Hall–Kier alpha value is -3.10. The second-order valence-corrected chi connectivity index (χ2v) is 7.89. The normalized spacial score (nSPS) is 12.9. The first kappa shape index (κ1) is 18.0. The van der Waals surface area contributed by atoms with Gasteiger partial charge < -0.3 is 14.8 Å². The predicted molar refractivity (Wildman–Crippen MR) is 112 cm³/mol. The number of para-hydroxylation sites is 1. The molecule has 7 nitrogen and oxygen atoms in total. The van der Waals surface area contributed by atoms with Crippen molar-refractivity contribution < 1.29 is 14.3 Å². The van der Waals surface area contributed by atoms with Crippen molar-refractivity contribution in [2.75, 3.05) is 18.5 Å². The van der Waals surface area contributed by atoms with Crippen LogP contribution < -0.4 is 14.8 Å². The zero-order valence-corrected chi connectivity index (χ0v) is 16.9. The molecule has 0 fully saturated rings. The fraction of sp³-hybridized carbons (Fsp3) is 0.150. The average Bonchev–Trinajstić information content (AvgIpc) is 3.31. The topological polar surface area (TPSA) is 78.3 Å². The molecule has 2 aromatic heterocycles. The van der Waals surface area contributed by atoms with Gasteiger partial charge in [0.05, 0.1) is 15.4 Å². The highest BCUT2D eigenvalue weighted by molar-refractivity contribution is 7.20. The molecule has 1 amide bonds. The molecule has 0 saturated carbocycles. The number of hydrogen-bond donors (Lipinski definition) is 1. The number of nitrogens with one attached hydrogen (secondary N) is 1. The van der Waals surface area contributed by atoms with Crippen LogP contribution in [0.25, 0.3) is 15.3 Å². The van der Waals surface area contributed by atoms with E-state index in [1.165, 1.54) is 11.3 Å². The second kappa shape index (κ2) is 7.06. The molecule has 0 atom stereocenters. The Balaban J connectivity index is 1.47. The van der Waals surface area contributed by atoms with Crippen LogP contribution >= 0.6 is 22.9 Å². The van der Waals surface area contributed by atoms with Crippen molar-refractivity contribution in [2.24, 2.45) is 0 Å². The Kier molecular flexibility index (Phi) is 4.37. The quantitative estimate of drug-likeness (QED) is 0.523. The Morgan fingerprint density at radius 1 is 1.17 bits per heavy atom. The number of hydrogen-bond acceptors (Lipinski definition) is 6. The molecule has 4 aromatic rings. The predicted octanol–water partition coefficient (Wildman–Crippen LogP) is 4.47. The molecule has 0 radical (unpaired) electrons.